The second-order valence-corrected chi connectivity index (χ2v) is 4.32. The number of hydrogen-bond donors (Lipinski definition) is 0. The molecule has 1 aromatic carbocycles. The zero-order chi connectivity index (χ0) is 13.1. The zero-order valence-corrected chi connectivity index (χ0v) is 10.9. The van der Waals surface area contributed by atoms with Gasteiger partial charge in [-0.3, -0.25) is 0 Å². The molecular weight excluding hydrogens is 226 g/mol. The molecule has 1 heterocycles. The van der Waals surface area contributed by atoms with Crippen LogP contribution in [-0.2, 0) is 9.53 Å². The van der Waals surface area contributed by atoms with Crippen LogP contribution in [0.3, 0.4) is 0 Å². The number of ether oxygens (including phenoxy) is 1. The summed E-state index contributed by atoms with van der Waals surface area (Å²) < 4.78 is 6.94. The lowest BCUT2D eigenvalue weighted by Gasteiger charge is -2.20. The highest BCUT2D eigenvalue weighted by Crippen LogP contribution is 2.24. The summed E-state index contributed by atoms with van der Waals surface area (Å²) in [5.41, 5.74) is 3.03. The molecule has 3 heteroatoms. The van der Waals surface area contributed by atoms with E-state index in [4.69, 9.17) is 4.74 Å². The van der Waals surface area contributed by atoms with E-state index >= 15 is 0 Å². The molecule has 0 aliphatic rings. The number of nitrogens with zero attached hydrogens (tertiary/aromatic N) is 1. The molecule has 0 radical (unpaired) electrons. The van der Waals surface area contributed by atoms with Crippen LogP contribution in [0.25, 0.3) is 0 Å². The Morgan fingerprint density at radius 2 is 1.61 bits per heavy atom. The smallest absolute Gasteiger partial charge is 0.333 e. The second-order valence-electron chi connectivity index (χ2n) is 4.32. The molecule has 18 heavy (non-hydrogen) atoms. The van der Waals surface area contributed by atoms with Crippen molar-refractivity contribution in [2.45, 2.75) is 19.9 Å². The van der Waals surface area contributed by atoms with E-state index in [-0.39, 0.29) is 5.97 Å². The molecule has 2 aromatic rings. The zero-order valence-electron chi connectivity index (χ0n) is 10.9. The predicted octanol–water partition coefficient (Wildman–Crippen LogP) is 2.87. The maximum atomic E-state index is 12.1. The minimum Gasteiger partial charge on any atom is -0.467 e. The predicted molar refractivity (Wildman–Crippen MR) is 70.5 cm³/mol. The Hall–Kier alpha value is -2.03. The summed E-state index contributed by atoms with van der Waals surface area (Å²) in [5.74, 6) is -0.247. The largest absolute Gasteiger partial charge is 0.467 e. The average molecular weight is 243 g/mol. The van der Waals surface area contributed by atoms with Crippen LogP contribution < -0.4 is 0 Å². The molecule has 0 spiro atoms. The first-order valence-corrected chi connectivity index (χ1v) is 5.92. The van der Waals surface area contributed by atoms with Crippen LogP contribution in [0.2, 0.25) is 0 Å². The van der Waals surface area contributed by atoms with Crippen molar-refractivity contribution in [1.29, 1.82) is 0 Å². The van der Waals surface area contributed by atoms with E-state index in [2.05, 4.69) is 0 Å². The Labute approximate surface area is 107 Å². The van der Waals surface area contributed by atoms with Crippen LogP contribution in [-0.4, -0.2) is 17.6 Å². The normalized spacial score (nSPS) is 12.2. The Morgan fingerprint density at radius 3 is 2.11 bits per heavy atom. The van der Waals surface area contributed by atoms with Crippen LogP contribution in [0.5, 0.6) is 0 Å². The van der Waals surface area contributed by atoms with Crippen LogP contribution in [0.1, 0.15) is 23.0 Å². The van der Waals surface area contributed by atoms with Gasteiger partial charge in [0.05, 0.1) is 7.11 Å². The summed E-state index contributed by atoms with van der Waals surface area (Å²) in [7, 11) is 1.42. The molecule has 0 bridgehead atoms. The highest BCUT2D eigenvalue weighted by molar-refractivity contribution is 5.78. The van der Waals surface area contributed by atoms with Gasteiger partial charge in [0.25, 0.3) is 0 Å². The van der Waals surface area contributed by atoms with Crippen LogP contribution in [0.15, 0.2) is 42.5 Å². The number of aromatic nitrogens is 1. The number of benzene rings is 1. The first-order valence-electron chi connectivity index (χ1n) is 5.92. The Balaban J connectivity index is 2.54. The van der Waals surface area contributed by atoms with Gasteiger partial charge in [0.1, 0.15) is 0 Å². The molecule has 0 aliphatic carbocycles. The molecule has 1 aromatic heterocycles. The van der Waals surface area contributed by atoms with Crippen LogP contribution >= 0.6 is 0 Å². The van der Waals surface area contributed by atoms with Gasteiger partial charge < -0.3 is 9.30 Å². The third-order valence-electron chi connectivity index (χ3n) is 3.12. The van der Waals surface area contributed by atoms with Gasteiger partial charge in [-0.05, 0) is 31.5 Å². The van der Waals surface area contributed by atoms with E-state index in [0.717, 1.165) is 17.0 Å². The maximum absolute atomic E-state index is 12.1. The average Bonchev–Trinajstić information content (AvgIpc) is 2.72. The Bertz CT molecular complexity index is 523. The quantitative estimate of drug-likeness (QED) is 0.776. The van der Waals surface area contributed by atoms with Crippen molar-refractivity contribution < 1.29 is 9.53 Å². The fourth-order valence-corrected chi connectivity index (χ4v) is 2.22. The molecule has 3 nitrogen and oxygen atoms in total. The summed E-state index contributed by atoms with van der Waals surface area (Å²) in [5, 5.41) is 0. The lowest BCUT2D eigenvalue weighted by atomic mass is 10.1. The maximum Gasteiger partial charge on any atom is 0.333 e. The Kier molecular flexibility index (Phi) is 3.51. The first kappa shape index (κ1) is 12.4. The van der Waals surface area contributed by atoms with Crippen molar-refractivity contribution in [3.8, 4) is 0 Å². The highest BCUT2D eigenvalue weighted by atomic mass is 16.5. The summed E-state index contributed by atoms with van der Waals surface area (Å²) in [4.78, 5) is 12.1. The van der Waals surface area contributed by atoms with Gasteiger partial charge in [-0.25, -0.2) is 4.79 Å². The molecule has 0 N–H and O–H groups in total. The number of carbonyl (C=O) groups excluding carboxylic acids is 1. The van der Waals surface area contributed by atoms with Gasteiger partial charge >= 0.3 is 5.97 Å². The third kappa shape index (κ3) is 2.16. The highest BCUT2D eigenvalue weighted by Gasteiger charge is 2.25. The van der Waals surface area contributed by atoms with Gasteiger partial charge in [0, 0.05) is 11.4 Å². The first-order chi connectivity index (χ1) is 8.65. The lowest BCUT2D eigenvalue weighted by Crippen LogP contribution is -2.23. The molecule has 0 saturated carbocycles. The molecule has 2 rings (SSSR count). The minimum absolute atomic E-state index is 0.247. The standard InChI is InChI=1S/C15H17NO2/c1-11-9-10-12(2)16(11)14(15(17)18-3)13-7-5-4-6-8-13/h4-10,14H,1-3H3. The van der Waals surface area contributed by atoms with E-state index in [9.17, 15) is 4.79 Å². The number of methoxy groups -OCH3 is 1. The molecular formula is C15H17NO2. The number of aryl methyl sites for hydroxylation is 2. The topological polar surface area (TPSA) is 31.2 Å². The van der Waals surface area contributed by atoms with E-state index in [1.54, 1.807) is 0 Å². The van der Waals surface area contributed by atoms with Gasteiger partial charge in [0.2, 0.25) is 0 Å². The van der Waals surface area contributed by atoms with Gasteiger partial charge in [-0.15, -0.1) is 0 Å². The van der Waals surface area contributed by atoms with E-state index < -0.39 is 6.04 Å². The van der Waals surface area contributed by atoms with Crippen molar-refractivity contribution in [2.75, 3.05) is 7.11 Å². The molecule has 0 aliphatic heterocycles. The number of carbonyl (C=O) groups is 1. The van der Waals surface area contributed by atoms with Crippen molar-refractivity contribution in [2.24, 2.45) is 0 Å². The summed E-state index contributed by atoms with van der Waals surface area (Å²) in [6.45, 7) is 3.98. The Morgan fingerprint density at radius 1 is 1.06 bits per heavy atom. The molecule has 94 valence electrons. The van der Waals surface area contributed by atoms with E-state index in [1.165, 1.54) is 7.11 Å². The molecule has 1 atom stereocenters. The molecule has 0 amide bonds. The van der Waals surface area contributed by atoms with Crippen molar-refractivity contribution in [1.82, 2.24) is 4.57 Å². The summed E-state index contributed by atoms with van der Waals surface area (Å²) in [6.07, 6.45) is 0. The monoisotopic (exact) mass is 243 g/mol. The minimum atomic E-state index is -0.411. The fourth-order valence-electron chi connectivity index (χ4n) is 2.22. The lowest BCUT2D eigenvalue weighted by molar-refractivity contribution is -0.143. The summed E-state index contributed by atoms with van der Waals surface area (Å²) >= 11 is 0. The van der Waals surface area contributed by atoms with E-state index in [0.29, 0.717) is 0 Å². The van der Waals surface area contributed by atoms with Crippen LogP contribution in [0, 0.1) is 13.8 Å². The number of esters is 1. The van der Waals surface area contributed by atoms with Gasteiger partial charge in [-0.1, -0.05) is 30.3 Å². The third-order valence-corrected chi connectivity index (χ3v) is 3.12. The van der Waals surface area contributed by atoms with Crippen molar-refractivity contribution in [3.63, 3.8) is 0 Å². The molecule has 0 saturated heterocycles. The van der Waals surface area contributed by atoms with Crippen LogP contribution in [0.4, 0.5) is 0 Å². The van der Waals surface area contributed by atoms with E-state index in [1.807, 2.05) is 60.9 Å². The van der Waals surface area contributed by atoms with Crippen molar-refractivity contribution >= 4 is 5.97 Å². The molecule has 1 unspecified atom stereocenters. The fraction of sp³-hybridized carbons (Fsp3) is 0.267. The van der Waals surface area contributed by atoms with Gasteiger partial charge in [0.15, 0.2) is 6.04 Å². The number of rotatable bonds is 3. The molecule has 0 fully saturated rings. The SMILES string of the molecule is COC(=O)C(c1ccccc1)n1c(C)ccc1C. The second kappa shape index (κ2) is 5.08. The van der Waals surface area contributed by atoms with Gasteiger partial charge in [-0.2, -0.15) is 0 Å². The van der Waals surface area contributed by atoms with Crippen molar-refractivity contribution in [3.05, 3.63) is 59.4 Å². The summed E-state index contributed by atoms with van der Waals surface area (Å²) in [6, 6.07) is 13.3. The number of hydrogen-bond acceptors (Lipinski definition) is 2.